The van der Waals surface area contributed by atoms with Crippen molar-refractivity contribution in [2.75, 3.05) is 26.4 Å². The van der Waals surface area contributed by atoms with Crippen LogP contribution in [-0.2, 0) is 39.2 Å². The Hall–Kier alpha value is -3.64. The van der Waals surface area contributed by atoms with Crippen LogP contribution in [0.5, 0.6) is 0 Å². The zero-order valence-electron chi connectivity index (χ0n) is 78.1. The topological polar surface area (TPSA) is 220 Å². The van der Waals surface area contributed by atoms with Crippen LogP contribution in [0.25, 0.3) is 0 Å². The van der Waals surface area contributed by atoms with Crippen molar-refractivity contribution in [3.63, 3.8) is 0 Å². The molecule has 0 radical (unpaired) electrons. The van der Waals surface area contributed by atoms with Crippen LogP contribution in [0, 0.1) is 0 Å². The van der Waals surface area contributed by atoms with Gasteiger partial charge in [0, 0.05) is 0 Å². The minimum atomic E-state index is -5.05. The molecule has 0 spiro atoms. The van der Waals surface area contributed by atoms with Crippen molar-refractivity contribution >= 4 is 81.9 Å². The molecule has 17 heteroatoms. The predicted octanol–water partition coefficient (Wildman–Crippen LogP) is 31.8. The van der Waals surface area contributed by atoms with Gasteiger partial charge in [-0.15, -0.1) is 0 Å². The largest absolute Gasteiger partial charge is 2.00 e. The van der Waals surface area contributed by atoms with E-state index in [0.29, 0.717) is 0 Å². The number of carbonyl (C=O) groups excluding carboxylic acids is 4. The zero-order chi connectivity index (χ0) is 87.2. The molecule has 0 saturated heterocycles. The van der Waals surface area contributed by atoms with Gasteiger partial charge in [0.1, 0.15) is 46.7 Å². The van der Waals surface area contributed by atoms with Gasteiger partial charge in [-0.05, 0) is 75.6 Å². The minimum absolute atomic E-state index is 0. The van der Waals surface area contributed by atoms with E-state index in [4.69, 9.17) is 18.9 Å². The van der Waals surface area contributed by atoms with Gasteiger partial charge >= 0.3 is 61.6 Å². The standard InChI is InChI=1S/2C52H90O7S.Ca/c2*1-3-5-7-9-11-13-15-17-19-21-23-25-27-29-31-33-35-37-39-41-46-58-51(53)48-44-43-45-49(60(55,56)57)50(48)52(54)59-47-42-40-38-36-34-32-30-28-26-24-22-20-18-16-14-12-10-8-6-4-2;/h2*39-45H,3-38,46-47H2,1-2H3,(H,55,56,57);/q;;+2/p-2/b2*41-39+,42-40+;. The van der Waals surface area contributed by atoms with Crippen LogP contribution in [0.1, 0.15) is 531 Å². The number of unbranched alkanes of at least 4 members (excludes halogenated alkanes) is 68. The van der Waals surface area contributed by atoms with Crippen LogP contribution in [0.3, 0.4) is 0 Å². The normalized spacial score (nSPS) is 11.8. The molecule has 0 aliphatic heterocycles. The van der Waals surface area contributed by atoms with E-state index in [1.807, 2.05) is 24.3 Å². The molecular formula is C104H178CaO14S2. The summed E-state index contributed by atoms with van der Waals surface area (Å²) in [5.74, 6) is -3.86. The van der Waals surface area contributed by atoms with Crippen LogP contribution < -0.4 is 0 Å². The van der Waals surface area contributed by atoms with Gasteiger partial charge in [0.05, 0.1) is 32.0 Å². The summed E-state index contributed by atoms with van der Waals surface area (Å²) in [5, 5.41) is 0. The average Bonchev–Trinajstić information content (AvgIpc) is 0.796. The Morgan fingerprint density at radius 3 is 0.537 bits per heavy atom. The summed E-state index contributed by atoms with van der Waals surface area (Å²) in [5.41, 5.74) is -1.75. The van der Waals surface area contributed by atoms with Gasteiger partial charge in [-0.1, -0.05) is 499 Å². The van der Waals surface area contributed by atoms with E-state index < -0.39 is 65.0 Å². The number of ether oxygens (including phenoxy) is 4. The first-order valence-electron chi connectivity index (χ1n) is 50.1. The number of rotatable bonds is 86. The molecule has 121 heavy (non-hydrogen) atoms. The summed E-state index contributed by atoms with van der Waals surface area (Å²) in [4.78, 5) is 50.3. The van der Waals surface area contributed by atoms with Crippen LogP contribution >= 0.6 is 0 Å². The first kappa shape index (κ1) is 117. The molecule has 0 bridgehead atoms. The molecule has 2 aromatic rings. The molecular weight excluding hydrogens is 1580 g/mol. The summed E-state index contributed by atoms with van der Waals surface area (Å²) in [6.07, 6.45) is 109. The fraction of sp³-hybridized carbons (Fsp3) is 0.769. The van der Waals surface area contributed by atoms with Gasteiger partial charge in [0.25, 0.3) is 0 Å². The molecule has 0 aliphatic carbocycles. The van der Waals surface area contributed by atoms with E-state index in [1.54, 1.807) is 24.3 Å². The maximum absolute atomic E-state index is 13.0. The molecule has 14 nitrogen and oxygen atoms in total. The van der Waals surface area contributed by atoms with E-state index in [2.05, 4.69) is 27.7 Å². The van der Waals surface area contributed by atoms with E-state index in [1.165, 1.54) is 422 Å². The minimum Gasteiger partial charge on any atom is -0.744 e. The molecule has 692 valence electrons. The van der Waals surface area contributed by atoms with Crippen molar-refractivity contribution in [3.8, 4) is 0 Å². The Bertz CT molecular complexity index is 2880. The third-order valence-electron chi connectivity index (χ3n) is 23.2. The van der Waals surface area contributed by atoms with Gasteiger partial charge in [0.15, 0.2) is 0 Å². The molecule has 0 fully saturated rings. The predicted molar refractivity (Wildman–Crippen MR) is 507 cm³/mol. The van der Waals surface area contributed by atoms with Crippen molar-refractivity contribution in [1.82, 2.24) is 0 Å². The van der Waals surface area contributed by atoms with Crippen LogP contribution in [0.15, 0.2) is 94.8 Å². The Labute approximate surface area is 773 Å². The maximum atomic E-state index is 13.0. The van der Waals surface area contributed by atoms with Gasteiger partial charge in [-0.2, -0.15) is 0 Å². The Morgan fingerprint density at radius 1 is 0.231 bits per heavy atom. The third-order valence-corrected chi connectivity index (χ3v) is 25.0. The second-order valence-corrected chi connectivity index (χ2v) is 37.0. The van der Waals surface area contributed by atoms with Crippen molar-refractivity contribution in [2.24, 2.45) is 0 Å². The molecule has 0 unspecified atom stereocenters. The summed E-state index contributed by atoms with van der Waals surface area (Å²) in [6.45, 7) is 8.84. The van der Waals surface area contributed by atoms with Gasteiger partial charge in [-0.3, -0.25) is 0 Å². The number of carbonyl (C=O) groups is 4. The van der Waals surface area contributed by atoms with Crippen molar-refractivity contribution in [2.45, 2.75) is 500 Å². The summed E-state index contributed by atoms with van der Waals surface area (Å²) in [7, 11) is -10.1. The number of benzene rings is 2. The number of allylic oxidation sites excluding steroid dienone is 4. The second-order valence-electron chi connectivity index (χ2n) is 34.3. The first-order valence-corrected chi connectivity index (χ1v) is 52.9. The van der Waals surface area contributed by atoms with E-state index >= 15 is 0 Å². The first-order chi connectivity index (χ1) is 58.6. The van der Waals surface area contributed by atoms with E-state index in [0.717, 1.165) is 76.3 Å². The fourth-order valence-corrected chi connectivity index (χ4v) is 17.1. The smallest absolute Gasteiger partial charge is 0.744 e. The molecule has 0 atom stereocenters. The number of esters is 4. The molecule has 0 heterocycles. The van der Waals surface area contributed by atoms with Gasteiger partial charge in [-0.25, -0.2) is 36.0 Å². The van der Waals surface area contributed by atoms with Crippen molar-refractivity contribution in [3.05, 3.63) is 107 Å². The number of hydrogen-bond donors (Lipinski definition) is 0. The molecule has 2 aromatic carbocycles. The van der Waals surface area contributed by atoms with E-state index in [9.17, 15) is 45.1 Å². The maximum Gasteiger partial charge on any atom is 2.00 e. The van der Waals surface area contributed by atoms with Crippen molar-refractivity contribution < 1.29 is 64.1 Å². The van der Waals surface area contributed by atoms with E-state index in [-0.39, 0.29) is 75.3 Å². The van der Waals surface area contributed by atoms with Gasteiger partial charge < -0.3 is 28.1 Å². The SMILES string of the molecule is CCCCCCCCCCCCCCCCCCC/C=C/COC(=O)c1cccc(S(=O)(=O)[O-])c1C(=O)OC/C=C/CCCCCCCCCCCCCCCCCCC.CCCCCCCCCCCCCCCCCCC/C=C/COC(=O)c1cccc(S(=O)(=O)[O-])c1C(=O)OC/C=C/CCCCCCCCCCCCCCCCCCC.[Ca+2]. The van der Waals surface area contributed by atoms with Gasteiger partial charge in [0.2, 0.25) is 0 Å². The zero-order valence-corrected chi connectivity index (χ0v) is 81.9. The molecule has 0 amide bonds. The molecule has 2 rings (SSSR count). The summed E-state index contributed by atoms with van der Waals surface area (Å²) in [6, 6.07) is 7.10. The Morgan fingerprint density at radius 2 is 0.380 bits per heavy atom. The van der Waals surface area contributed by atoms with Crippen LogP contribution in [-0.4, -0.2) is 114 Å². The van der Waals surface area contributed by atoms with Crippen LogP contribution in [0.4, 0.5) is 0 Å². The Kier molecular flexibility index (Phi) is 85.7. The fourth-order valence-electron chi connectivity index (χ4n) is 15.7. The van der Waals surface area contributed by atoms with Crippen LogP contribution in [0.2, 0.25) is 0 Å². The number of hydrogen-bond acceptors (Lipinski definition) is 14. The third kappa shape index (κ3) is 73.0. The quantitative estimate of drug-likeness (QED) is 0.0150. The molecule has 0 aliphatic rings. The summed E-state index contributed by atoms with van der Waals surface area (Å²) < 4.78 is 93.3. The average molecular weight is 1760 g/mol. The summed E-state index contributed by atoms with van der Waals surface area (Å²) >= 11 is 0. The molecule has 0 saturated carbocycles. The molecule has 0 N–H and O–H groups in total. The Balaban J connectivity index is 0.00000236. The molecule has 0 aromatic heterocycles. The monoisotopic (exact) mass is 1760 g/mol. The van der Waals surface area contributed by atoms with Crippen molar-refractivity contribution in [1.29, 1.82) is 0 Å². The second kappa shape index (κ2) is 88.4.